The molecule has 0 atom stereocenters. The molecule has 6 heteroatoms. The maximum absolute atomic E-state index is 13.9. The van der Waals surface area contributed by atoms with Gasteiger partial charge in [-0.2, -0.15) is 0 Å². The van der Waals surface area contributed by atoms with Crippen molar-refractivity contribution < 1.29 is 14.0 Å². The van der Waals surface area contributed by atoms with E-state index >= 15 is 0 Å². The van der Waals surface area contributed by atoms with Crippen molar-refractivity contribution in [1.82, 2.24) is 0 Å². The van der Waals surface area contributed by atoms with E-state index in [9.17, 15) is 8.78 Å². The molecule has 4 nitrogen and oxygen atoms in total. The summed E-state index contributed by atoms with van der Waals surface area (Å²) in [5.41, 5.74) is 5.22. The zero-order valence-electron chi connectivity index (χ0n) is 11.3. The van der Waals surface area contributed by atoms with Gasteiger partial charge < -0.3 is 15.8 Å². The van der Waals surface area contributed by atoms with Crippen molar-refractivity contribution in [2.75, 3.05) is 18.5 Å². The van der Waals surface area contributed by atoms with Crippen molar-refractivity contribution in [2.24, 2.45) is 16.8 Å². The molecule has 0 fully saturated rings. The fourth-order valence-corrected chi connectivity index (χ4v) is 1.70. The minimum Gasteiger partial charge on any atom is -0.409 e. The summed E-state index contributed by atoms with van der Waals surface area (Å²) in [6, 6.07) is 2.11. The van der Waals surface area contributed by atoms with Crippen molar-refractivity contribution in [2.45, 2.75) is 20.3 Å². The summed E-state index contributed by atoms with van der Waals surface area (Å²) in [4.78, 5) is 1.53. The van der Waals surface area contributed by atoms with Crippen LogP contribution in [0.5, 0.6) is 0 Å². The molecular weight excluding hydrogens is 252 g/mol. The highest BCUT2D eigenvalue weighted by Crippen LogP contribution is 2.24. The highest BCUT2D eigenvalue weighted by Gasteiger charge is 2.16. The molecule has 0 saturated carbocycles. The lowest BCUT2D eigenvalue weighted by Crippen LogP contribution is -2.23. The maximum atomic E-state index is 13.9. The summed E-state index contributed by atoms with van der Waals surface area (Å²) in [5.74, 6) is -1.33. The Morgan fingerprint density at radius 2 is 1.89 bits per heavy atom. The average molecular weight is 271 g/mol. The molecule has 19 heavy (non-hydrogen) atoms. The Morgan fingerprint density at radius 1 is 1.37 bits per heavy atom. The van der Waals surface area contributed by atoms with E-state index in [2.05, 4.69) is 5.16 Å². The fourth-order valence-electron chi connectivity index (χ4n) is 1.70. The van der Waals surface area contributed by atoms with Crippen molar-refractivity contribution in [3.8, 4) is 0 Å². The van der Waals surface area contributed by atoms with Crippen molar-refractivity contribution in [1.29, 1.82) is 0 Å². The molecule has 1 rings (SSSR count). The van der Waals surface area contributed by atoms with E-state index in [4.69, 9.17) is 10.9 Å². The van der Waals surface area contributed by atoms with Crippen LogP contribution >= 0.6 is 0 Å². The third kappa shape index (κ3) is 3.81. The van der Waals surface area contributed by atoms with Crippen LogP contribution in [0.15, 0.2) is 17.3 Å². The third-order valence-corrected chi connectivity index (χ3v) is 2.84. The summed E-state index contributed by atoms with van der Waals surface area (Å²) in [5, 5.41) is 11.2. The van der Waals surface area contributed by atoms with Crippen LogP contribution in [0, 0.1) is 17.6 Å². The topological polar surface area (TPSA) is 61.8 Å². The van der Waals surface area contributed by atoms with Crippen LogP contribution in [-0.2, 0) is 0 Å². The molecule has 3 N–H and O–H groups in total. The number of hydrogen-bond acceptors (Lipinski definition) is 3. The van der Waals surface area contributed by atoms with Crippen LogP contribution in [0.1, 0.15) is 25.8 Å². The largest absolute Gasteiger partial charge is 0.409 e. The minimum absolute atomic E-state index is 0.0125. The van der Waals surface area contributed by atoms with Crippen LogP contribution in [0.25, 0.3) is 0 Å². The van der Waals surface area contributed by atoms with Crippen LogP contribution in [0.4, 0.5) is 14.5 Å². The molecule has 1 aromatic carbocycles. The van der Waals surface area contributed by atoms with E-state index in [0.29, 0.717) is 12.5 Å². The quantitative estimate of drug-likeness (QED) is 0.374. The second-order valence-corrected chi connectivity index (χ2v) is 4.88. The predicted molar refractivity (Wildman–Crippen MR) is 71.6 cm³/mol. The lowest BCUT2D eigenvalue weighted by molar-refractivity contribution is 0.318. The van der Waals surface area contributed by atoms with Gasteiger partial charge in [-0.25, -0.2) is 8.78 Å². The van der Waals surface area contributed by atoms with Gasteiger partial charge >= 0.3 is 0 Å². The lowest BCUT2D eigenvalue weighted by atomic mass is 10.1. The molecule has 0 bridgehead atoms. The van der Waals surface area contributed by atoms with Gasteiger partial charge in [-0.3, -0.25) is 0 Å². The van der Waals surface area contributed by atoms with Gasteiger partial charge in [0.15, 0.2) is 5.84 Å². The molecule has 0 unspecified atom stereocenters. The Hall–Kier alpha value is -1.85. The number of benzene rings is 1. The number of nitrogens with two attached hydrogens (primary N) is 1. The Kier molecular flexibility index (Phi) is 5.09. The highest BCUT2D eigenvalue weighted by molar-refractivity contribution is 5.97. The molecule has 0 spiro atoms. The van der Waals surface area contributed by atoms with Crippen molar-refractivity contribution >= 4 is 11.5 Å². The van der Waals surface area contributed by atoms with Gasteiger partial charge in [0.05, 0.1) is 0 Å². The molecule has 0 aliphatic rings. The number of oxime groups is 1. The molecule has 106 valence electrons. The normalized spacial score (nSPS) is 12.0. The molecular formula is C13H19F2N3O. The van der Waals surface area contributed by atoms with Crippen LogP contribution in [-0.4, -0.2) is 24.6 Å². The van der Waals surface area contributed by atoms with Gasteiger partial charge in [0, 0.05) is 19.2 Å². The van der Waals surface area contributed by atoms with E-state index in [0.717, 1.165) is 18.6 Å². The summed E-state index contributed by atoms with van der Waals surface area (Å²) in [7, 11) is 1.63. The molecule has 0 heterocycles. The van der Waals surface area contributed by atoms with E-state index in [1.54, 1.807) is 7.05 Å². The standard InChI is InChI=1S/C13H19F2N3O/c1-8(2)4-5-18(3)12-10(14)6-9(7-11(12)15)13(16)17-19/h6-8,19H,4-5H2,1-3H3,(H2,16,17). The van der Waals surface area contributed by atoms with Crippen LogP contribution in [0.3, 0.4) is 0 Å². The predicted octanol–water partition coefficient (Wildman–Crippen LogP) is 2.54. The summed E-state index contributed by atoms with van der Waals surface area (Å²) in [6.45, 7) is 4.64. The van der Waals surface area contributed by atoms with Crippen LogP contribution in [0.2, 0.25) is 0 Å². The molecule has 0 aliphatic heterocycles. The Bertz CT molecular complexity index is 452. The second kappa shape index (κ2) is 6.36. The zero-order chi connectivity index (χ0) is 14.6. The third-order valence-electron chi connectivity index (χ3n) is 2.84. The monoisotopic (exact) mass is 271 g/mol. The summed E-state index contributed by atoms with van der Waals surface area (Å²) >= 11 is 0. The highest BCUT2D eigenvalue weighted by atomic mass is 19.1. The number of hydrogen-bond donors (Lipinski definition) is 2. The Balaban J connectivity index is 3.03. The number of amidine groups is 1. The first-order valence-corrected chi connectivity index (χ1v) is 6.04. The number of anilines is 1. The van der Waals surface area contributed by atoms with Crippen molar-refractivity contribution in [3.05, 3.63) is 29.3 Å². The van der Waals surface area contributed by atoms with E-state index in [1.807, 2.05) is 13.8 Å². The molecule has 0 aliphatic carbocycles. The molecule has 0 amide bonds. The number of nitrogens with zero attached hydrogens (tertiary/aromatic N) is 2. The Labute approximate surface area is 111 Å². The first-order valence-electron chi connectivity index (χ1n) is 6.04. The summed E-state index contributed by atoms with van der Waals surface area (Å²) < 4.78 is 27.8. The van der Waals surface area contributed by atoms with Gasteiger partial charge in [-0.05, 0) is 24.5 Å². The van der Waals surface area contributed by atoms with Gasteiger partial charge in [-0.1, -0.05) is 19.0 Å². The van der Waals surface area contributed by atoms with E-state index < -0.39 is 11.6 Å². The fraction of sp³-hybridized carbons (Fsp3) is 0.462. The smallest absolute Gasteiger partial charge is 0.170 e. The lowest BCUT2D eigenvalue weighted by Gasteiger charge is -2.22. The SMILES string of the molecule is CC(C)CCN(C)c1c(F)cc(C(N)=NO)cc1F. The zero-order valence-corrected chi connectivity index (χ0v) is 11.3. The van der Waals surface area contributed by atoms with Gasteiger partial charge in [-0.15, -0.1) is 0 Å². The number of rotatable bonds is 5. The van der Waals surface area contributed by atoms with Gasteiger partial charge in [0.1, 0.15) is 17.3 Å². The summed E-state index contributed by atoms with van der Waals surface area (Å²) in [6.07, 6.45) is 0.831. The Morgan fingerprint density at radius 3 is 2.32 bits per heavy atom. The molecule has 0 radical (unpaired) electrons. The van der Waals surface area contributed by atoms with E-state index in [1.165, 1.54) is 4.90 Å². The first-order chi connectivity index (χ1) is 8.86. The van der Waals surface area contributed by atoms with Crippen molar-refractivity contribution in [3.63, 3.8) is 0 Å². The number of halogens is 2. The maximum Gasteiger partial charge on any atom is 0.170 e. The van der Waals surface area contributed by atoms with Gasteiger partial charge in [0.2, 0.25) is 0 Å². The second-order valence-electron chi connectivity index (χ2n) is 4.88. The van der Waals surface area contributed by atoms with Crippen LogP contribution < -0.4 is 10.6 Å². The molecule has 1 aromatic rings. The molecule has 0 aromatic heterocycles. The molecule has 0 saturated heterocycles. The van der Waals surface area contributed by atoms with E-state index in [-0.39, 0.29) is 17.1 Å². The first kappa shape index (κ1) is 15.2. The minimum atomic E-state index is -0.729. The average Bonchev–Trinajstić information content (AvgIpc) is 2.34. The van der Waals surface area contributed by atoms with Gasteiger partial charge in [0.25, 0.3) is 0 Å².